The lowest BCUT2D eigenvalue weighted by Gasteiger charge is -2.31. The molecule has 0 aromatic carbocycles. The van der Waals surface area contributed by atoms with Crippen LogP contribution in [0.15, 0.2) is 23.8 Å². The Bertz CT molecular complexity index is 736. The van der Waals surface area contributed by atoms with Crippen LogP contribution in [0.2, 0.25) is 0 Å². The highest BCUT2D eigenvalue weighted by Gasteiger charge is 2.47. The summed E-state index contributed by atoms with van der Waals surface area (Å²) in [6.07, 6.45) is 19.4. The minimum Gasteiger partial charge on any atom is -0.466 e. The van der Waals surface area contributed by atoms with E-state index in [1.54, 1.807) is 6.08 Å². The molecule has 4 aliphatic rings. The highest BCUT2D eigenvalue weighted by Crippen LogP contribution is 2.52. The van der Waals surface area contributed by atoms with Gasteiger partial charge in [0.25, 0.3) is 0 Å². The smallest absolute Gasteiger partial charge is 0.330 e. The second-order valence-electron chi connectivity index (χ2n) is 11.3. The zero-order chi connectivity index (χ0) is 25.3. The van der Waals surface area contributed by atoms with Crippen molar-refractivity contribution in [2.24, 2.45) is 23.7 Å². The number of fused-ring (bicyclic) bond motifs is 1. The Morgan fingerprint density at radius 2 is 1.83 bits per heavy atom. The topological polar surface area (TPSA) is 63.2 Å². The molecule has 2 heterocycles. The van der Waals surface area contributed by atoms with Crippen molar-refractivity contribution < 1.29 is 28.5 Å². The summed E-state index contributed by atoms with van der Waals surface area (Å²) in [6, 6.07) is 0. The van der Waals surface area contributed by atoms with E-state index in [2.05, 4.69) is 26.0 Å². The molecule has 0 aromatic heterocycles. The number of carbonyl (C=O) groups is 1. The predicted molar refractivity (Wildman–Crippen MR) is 139 cm³/mol. The molecule has 6 heteroatoms. The van der Waals surface area contributed by atoms with Crippen LogP contribution in [-0.4, -0.2) is 51.1 Å². The zero-order valence-electron chi connectivity index (χ0n) is 22.7. The summed E-state index contributed by atoms with van der Waals surface area (Å²) in [5, 5.41) is 0. The molecule has 0 spiro atoms. The largest absolute Gasteiger partial charge is 0.466 e. The van der Waals surface area contributed by atoms with Crippen LogP contribution in [0.25, 0.3) is 0 Å². The Balaban J connectivity index is 1.49. The Kier molecular flexibility index (Phi) is 10.9. The Hall–Kier alpha value is -1.21. The van der Waals surface area contributed by atoms with E-state index >= 15 is 0 Å². The highest BCUT2D eigenvalue weighted by molar-refractivity contribution is 5.82. The third kappa shape index (κ3) is 7.66. The Morgan fingerprint density at radius 3 is 2.50 bits per heavy atom. The molecule has 204 valence electrons. The normalized spacial score (nSPS) is 35.7. The second kappa shape index (κ2) is 14.1. The Labute approximate surface area is 218 Å². The van der Waals surface area contributed by atoms with Gasteiger partial charge in [-0.25, -0.2) is 4.79 Å². The predicted octanol–water partition coefficient (Wildman–Crippen LogP) is 6.34. The summed E-state index contributed by atoms with van der Waals surface area (Å²) in [5.41, 5.74) is 1.21. The molecule has 8 atom stereocenters. The van der Waals surface area contributed by atoms with Crippen LogP contribution >= 0.6 is 0 Å². The maximum Gasteiger partial charge on any atom is 0.330 e. The maximum absolute atomic E-state index is 11.9. The first-order valence-corrected chi connectivity index (χ1v) is 14.6. The van der Waals surface area contributed by atoms with E-state index in [1.807, 2.05) is 0 Å². The van der Waals surface area contributed by atoms with Gasteiger partial charge in [-0.15, -0.1) is 0 Å². The summed E-state index contributed by atoms with van der Waals surface area (Å²) in [7, 11) is 1.45. The fourth-order valence-corrected chi connectivity index (χ4v) is 6.54. The molecule has 0 radical (unpaired) electrons. The monoisotopic (exact) mass is 504 g/mol. The molecule has 0 bridgehead atoms. The number of hydrogen-bond donors (Lipinski definition) is 0. The molecule has 0 N–H and O–H groups in total. The quantitative estimate of drug-likeness (QED) is 0.186. The van der Waals surface area contributed by atoms with E-state index in [1.165, 1.54) is 38.4 Å². The van der Waals surface area contributed by atoms with E-state index in [9.17, 15) is 4.79 Å². The second-order valence-corrected chi connectivity index (χ2v) is 11.3. The van der Waals surface area contributed by atoms with Gasteiger partial charge in [0, 0.05) is 25.2 Å². The lowest BCUT2D eigenvalue weighted by Crippen LogP contribution is -2.32. The molecular weight excluding hydrogens is 456 g/mol. The number of unbranched alkanes of at least 4 members (excludes halogenated alkanes) is 1. The van der Waals surface area contributed by atoms with Crippen molar-refractivity contribution in [2.75, 3.05) is 20.3 Å². The van der Waals surface area contributed by atoms with Crippen molar-refractivity contribution in [3.8, 4) is 0 Å². The molecule has 4 fully saturated rings. The van der Waals surface area contributed by atoms with Crippen LogP contribution in [0.4, 0.5) is 0 Å². The fourth-order valence-electron chi connectivity index (χ4n) is 6.54. The minimum atomic E-state index is -0.244. The molecule has 3 unspecified atom stereocenters. The average molecular weight is 505 g/mol. The van der Waals surface area contributed by atoms with Gasteiger partial charge < -0.3 is 23.7 Å². The van der Waals surface area contributed by atoms with Crippen LogP contribution in [0, 0.1) is 23.7 Å². The summed E-state index contributed by atoms with van der Waals surface area (Å²) < 4.78 is 29.9. The first kappa shape index (κ1) is 27.8. The number of methoxy groups -OCH3 is 1. The van der Waals surface area contributed by atoms with Crippen molar-refractivity contribution in [1.29, 1.82) is 0 Å². The average Bonchev–Trinajstić information content (AvgIpc) is 3.42. The molecule has 0 aromatic rings. The zero-order valence-corrected chi connectivity index (χ0v) is 22.7. The number of allylic oxidation sites excluding steroid dienone is 1. The Morgan fingerprint density at radius 1 is 1.08 bits per heavy atom. The molecule has 4 rings (SSSR count). The fraction of sp³-hybridized carbons (Fsp3) is 0.833. The van der Waals surface area contributed by atoms with Gasteiger partial charge in [0.15, 0.2) is 12.6 Å². The molecule has 6 nitrogen and oxygen atoms in total. The van der Waals surface area contributed by atoms with Gasteiger partial charge in [0.2, 0.25) is 0 Å². The first-order chi connectivity index (χ1) is 17.6. The van der Waals surface area contributed by atoms with E-state index < -0.39 is 0 Å². The van der Waals surface area contributed by atoms with Crippen LogP contribution < -0.4 is 0 Å². The lowest BCUT2D eigenvalue weighted by atomic mass is 9.89. The van der Waals surface area contributed by atoms with Gasteiger partial charge >= 0.3 is 5.97 Å². The van der Waals surface area contributed by atoms with Crippen LogP contribution in [0.3, 0.4) is 0 Å². The molecule has 0 amide bonds. The minimum absolute atomic E-state index is 0.0387. The molecule has 36 heavy (non-hydrogen) atoms. The van der Waals surface area contributed by atoms with Gasteiger partial charge in [0.05, 0.1) is 19.3 Å². The number of esters is 1. The van der Waals surface area contributed by atoms with Gasteiger partial charge in [0.1, 0.15) is 0 Å². The van der Waals surface area contributed by atoms with Crippen LogP contribution in [0.5, 0.6) is 0 Å². The molecule has 2 aliphatic heterocycles. The van der Waals surface area contributed by atoms with Crippen LogP contribution in [-0.2, 0) is 28.5 Å². The van der Waals surface area contributed by atoms with Gasteiger partial charge in [-0.1, -0.05) is 44.4 Å². The highest BCUT2D eigenvalue weighted by atomic mass is 16.7. The van der Waals surface area contributed by atoms with Crippen molar-refractivity contribution in [3.63, 3.8) is 0 Å². The number of ether oxygens (including phenoxy) is 5. The number of rotatable bonds is 11. The van der Waals surface area contributed by atoms with Gasteiger partial charge in [-0.3, -0.25) is 0 Å². The maximum atomic E-state index is 11.9. The molecule has 2 saturated carbocycles. The van der Waals surface area contributed by atoms with Crippen LogP contribution in [0.1, 0.15) is 90.9 Å². The SMILES string of the molecule is CCCCC(C)[C@@H](/C=C/[C@@H]1[C@H]2C/C(=C/C(=O)OC)C[C@H]2C[C@H]1OC1CCCCO1)OC1CCCCO1. The molecule has 2 aliphatic carbocycles. The summed E-state index contributed by atoms with van der Waals surface area (Å²) in [4.78, 5) is 11.9. The first-order valence-electron chi connectivity index (χ1n) is 14.6. The van der Waals surface area contributed by atoms with E-state index in [0.717, 1.165) is 64.6 Å². The van der Waals surface area contributed by atoms with Crippen molar-refractivity contribution >= 4 is 5.97 Å². The van der Waals surface area contributed by atoms with Gasteiger partial charge in [-0.2, -0.15) is 0 Å². The molecule has 2 saturated heterocycles. The van der Waals surface area contributed by atoms with Crippen molar-refractivity contribution in [3.05, 3.63) is 23.8 Å². The summed E-state index contributed by atoms with van der Waals surface area (Å²) >= 11 is 0. The standard InChI is InChI=1S/C30H48O6/c1-4-5-10-21(2)26(35-29-11-6-8-15-33-29)14-13-24-25-18-22(19-28(31)32-3)17-23(25)20-27(24)36-30-12-7-9-16-34-30/h13-14,19,21,23-27,29-30H,4-12,15-18,20H2,1-3H3/b14-13+,22-19+/t21?,23-,24+,25-,26+,27+,29?,30?/m0/s1. The summed E-state index contributed by atoms with van der Waals surface area (Å²) in [6.45, 7) is 6.14. The number of hydrogen-bond acceptors (Lipinski definition) is 6. The van der Waals surface area contributed by atoms with Crippen molar-refractivity contribution in [1.82, 2.24) is 0 Å². The third-order valence-electron chi connectivity index (χ3n) is 8.62. The number of carbonyl (C=O) groups excluding carboxylic acids is 1. The van der Waals surface area contributed by atoms with E-state index in [-0.39, 0.29) is 30.8 Å². The third-order valence-corrected chi connectivity index (χ3v) is 8.62. The van der Waals surface area contributed by atoms with Crippen molar-refractivity contribution in [2.45, 2.75) is 116 Å². The van der Waals surface area contributed by atoms with E-state index in [4.69, 9.17) is 23.7 Å². The lowest BCUT2D eigenvalue weighted by molar-refractivity contribution is -0.193. The van der Waals surface area contributed by atoms with Gasteiger partial charge in [-0.05, 0) is 82.0 Å². The summed E-state index contributed by atoms with van der Waals surface area (Å²) in [5.74, 6) is 1.49. The van der Waals surface area contributed by atoms with E-state index in [0.29, 0.717) is 23.7 Å². The molecular formula is C30H48O6.